The Hall–Kier alpha value is -0.640. The normalized spacial score (nSPS) is 23.7. The smallest absolute Gasteiger partial charge is 0.127 e. The molecule has 2 rings (SSSR count). The minimum Gasteiger partial charge on any atom is -0.389 e. The third-order valence-electron chi connectivity index (χ3n) is 3.74. The molecule has 2 unspecified atom stereocenters. The molecule has 1 aromatic carbocycles. The number of hydrogen-bond donors (Lipinski definition) is 2. The fourth-order valence-electron chi connectivity index (χ4n) is 2.58. The van der Waals surface area contributed by atoms with Gasteiger partial charge in [0.2, 0.25) is 0 Å². The summed E-state index contributed by atoms with van der Waals surface area (Å²) in [7, 11) is 0. The highest BCUT2D eigenvalue weighted by molar-refractivity contribution is 6.30. The lowest BCUT2D eigenvalue weighted by Gasteiger charge is -2.36. The van der Waals surface area contributed by atoms with Crippen LogP contribution >= 0.6 is 11.6 Å². The molecule has 0 spiro atoms. The lowest BCUT2D eigenvalue weighted by Crippen LogP contribution is -2.45. The van der Waals surface area contributed by atoms with Crippen LogP contribution in [0.25, 0.3) is 0 Å². The molecule has 1 aliphatic heterocycles. The van der Waals surface area contributed by atoms with Gasteiger partial charge in [-0.1, -0.05) is 17.7 Å². The lowest BCUT2D eigenvalue weighted by molar-refractivity contribution is -0.0108. The number of benzene rings is 1. The SMILES string of the molecule is CC(O)(Cc1ccc(Cl)cc1F)C1CCCNC1. The van der Waals surface area contributed by atoms with E-state index in [1.807, 2.05) is 0 Å². The number of halogens is 2. The van der Waals surface area contributed by atoms with Crippen LogP contribution in [-0.4, -0.2) is 23.8 Å². The van der Waals surface area contributed by atoms with E-state index in [9.17, 15) is 9.50 Å². The third-order valence-corrected chi connectivity index (χ3v) is 3.97. The second kappa shape index (κ2) is 5.55. The molecule has 0 radical (unpaired) electrons. The molecule has 0 amide bonds. The molecule has 0 aliphatic carbocycles. The van der Waals surface area contributed by atoms with Gasteiger partial charge >= 0.3 is 0 Å². The summed E-state index contributed by atoms with van der Waals surface area (Å²) in [5.41, 5.74) is -0.364. The van der Waals surface area contributed by atoms with Crippen LogP contribution in [0, 0.1) is 11.7 Å². The molecule has 1 aromatic rings. The predicted molar refractivity (Wildman–Crippen MR) is 71.3 cm³/mol. The first-order valence-corrected chi connectivity index (χ1v) is 6.74. The maximum atomic E-state index is 13.7. The minimum atomic E-state index is -0.887. The van der Waals surface area contributed by atoms with E-state index in [-0.39, 0.29) is 11.7 Å². The van der Waals surface area contributed by atoms with E-state index in [4.69, 9.17) is 11.6 Å². The van der Waals surface area contributed by atoms with E-state index in [0.29, 0.717) is 17.0 Å². The lowest BCUT2D eigenvalue weighted by atomic mass is 9.79. The molecule has 100 valence electrons. The standard InChI is InChI=1S/C14H19ClFNO/c1-14(18,11-3-2-6-17-9-11)8-10-4-5-12(15)7-13(10)16/h4-5,7,11,17-18H,2-3,6,8-9H2,1H3. The van der Waals surface area contributed by atoms with Gasteiger partial charge in [-0.3, -0.25) is 0 Å². The van der Waals surface area contributed by atoms with Crippen LogP contribution in [0.3, 0.4) is 0 Å². The number of piperidine rings is 1. The van der Waals surface area contributed by atoms with Crippen LogP contribution in [0.5, 0.6) is 0 Å². The summed E-state index contributed by atoms with van der Waals surface area (Å²) in [6.45, 7) is 3.59. The van der Waals surface area contributed by atoms with Gasteiger partial charge in [-0.15, -0.1) is 0 Å². The first kappa shape index (κ1) is 13.8. The Kier molecular flexibility index (Phi) is 4.25. The van der Waals surface area contributed by atoms with E-state index in [2.05, 4.69) is 5.32 Å². The Labute approximate surface area is 112 Å². The van der Waals surface area contributed by atoms with Gasteiger partial charge in [-0.2, -0.15) is 0 Å². The van der Waals surface area contributed by atoms with Crippen LogP contribution in [0.15, 0.2) is 18.2 Å². The van der Waals surface area contributed by atoms with Crippen LogP contribution in [0.1, 0.15) is 25.3 Å². The van der Waals surface area contributed by atoms with Crippen molar-refractivity contribution in [3.05, 3.63) is 34.6 Å². The number of aliphatic hydroxyl groups is 1. The summed E-state index contributed by atoms with van der Waals surface area (Å²) >= 11 is 5.72. The van der Waals surface area contributed by atoms with E-state index in [1.54, 1.807) is 19.1 Å². The molecular formula is C14H19ClFNO. The van der Waals surface area contributed by atoms with Crippen molar-refractivity contribution in [2.75, 3.05) is 13.1 Å². The van der Waals surface area contributed by atoms with Crippen LogP contribution in [0.4, 0.5) is 4.39 Å². The van der Waals surface area contributed by atoms with Gasteiger partial charge in [0.05, 0.1) is 5.60 Å². The molecule has 0 saturated carbocycles. The fraction of sp³-hybridized carbons (Fsp3) is 0.571. The molecule has 18 heavy (non-hydrogen) atoms. The van der Waals surface area contributed by atoms with Crippen LogP contribution in [-0.2, 0) is 6.42 Å². The van der Waals surface area contributed by atoms with Crippen molar-refractivity contribution >= 4 is 11.6 Å². The fourth-order valence-corrected chi connectivity index (χ4v) is 2.74. The summed E-state index contributed by atoms with van der Waals surface area (Å²) in [5, 5.41) is 14.2. The van der Waals surface area contributed by atoms with E-state index in [1.165, 1.54) is 6.07 Å². The number of nitrogens with one attached hydrogen (secondary N) is 1. The van der Waals surface area contributed by atoms with Gasteiger partial charge in [0.1, 0.15) is 5.82 Å². The highest BCUT2D eigenvalue weighted by Crippen LogP contribution is 2.29. The average molecular weight is 272 g/mol. The van der Waals surface area contributed by atoms with Crippen LogP contribution < -0.4 is 5.32 Å². The first-order valence-electron chi connectivity index (χ1n) is 6.36. The van der Waals surface area contributed by atoms with E-state index >= 15 is 0 Å². The molecule has 4 heteroatoms. The molecule has 0 aromatic heterocycles. The van der Waals surface area contributed by atoms with Crippen molar-refractivity contribution < 1.29 is 9.50 Å². The van der Waals surface area contributed by atoms with E-state index in [0.717, 1.165) is 25.9 Å². The highest BCUT2D eigenvalue weighted by Gasteiger charge is 2.33. The van der Waals surface area contributed by atoms with Crippen molar-refractivity contribution in [3.63, 3.8) is 0 Å². The van der Waals surface area contributed by atoms with Crippen molar-refractivity contribution in [1.82, 2.24) is 5.32 Å². The van der Waals surface area contributed by atoms with Gasteiger partial charge in [0, 0.05) is 23.9 Å². The quantitative estimate of drug-likeness (QED) is 0.886. The molecule has 2 atom stereocenters. The van der Waals surface area contributed by atoms with E-state index < -0.39 is 5.60 Å². The Morgan fingerprint density at radius 3 is 2.94 bits per heavy atom. The Morgan fingerprint density at radius 2 is 2.33 bits per heavy atom. The second-order valence-corrected chi connectivity index (χ2v) is 5.75. The highest BCUT2D eigenvalue weighted by atomic mass is 35.5. The maximum Gasteiger partial charge on any atom is 0.127 e. The number of rotatable bonds is 3. The molecular weight excluding hydrogens is 253 g/mol. The second-order valence-electron chi connectivity index (χ2n) is 5.31. The minimum absolute atomic E-state index is 0.168. The maximum absolute atomic E-state index is 13.7. The van der Waals surface area contributed by atoms with Gasteiger partial charge in [0.15, 0.2) is 0 Å². The van der Waals surface area contributed by atoms with Gasteiger partial charge in [0.25, 0.3) is 0 Å². The Balaban J connectivity index is 2.10. The van der Waals surface area contributed by atoms with Crippen molar-refractivity contribution in [2.24, 2.45) is 5.92 Å². The topological polar surface area (TPSA) is 32.3 Å². The molecule has 2 nitrogen and oxygen atoms in total. The zero-order valence-electron chi connectivity index (χ0n) is 10.5. The average Bonchev–Trinajstić information content (AvgIpc) is 2.34. The Morgan fingerprint density at radius 1 is 1.56 bits per heavy atom. The van der Waals surface area contributed by atoms with Gasteiger partial charge in [-0.05, 0) is 44.0 Å². The zero-order chi connectivity index (χ0) is 13.2. The predicted octanol–water partition coefficient (Wildman–Crippen LogP) is 2.77. The largest absolute Gasteiger partial charge is 0.389 e. The van der Waals surface area contributed by atoms with Crippen LogP contribution in [0.2, 0.25) is 5.02 Å². The summed E-state index contributed by atoms with van der Waals surface area (Å²) < 4.78 is 13.7. The van der Waals surface area contributed by atoms with Gasteiger partial charge < -0.3 is 10.4 Å². The van der Waals surface area contributed by atoms with Gasteiger partial charge in [-0.25, -0.2) is 4.39 Å². The molecule has 1 fully saturated rings. The summed E-state index contributed by atoms with van der Waals surface area (Å²) in [6.07, 6.45) is 2.36. The summed E-state index contributed by atoms with van der Waals surface area (Å²) in [5.74, 6) is -0.173. The van der Waals surface area contributed by atoms with Crippen molar-refractivity contribution in [1.29, 1.82) is 0 Å². The molecule has 0 bridgehead atoms. The zero-order valence-corrected chi connectivity index (χ0v) is 11.3. The van der Waals surface area contributed by atoms with Crippen molar-refractivity contribution in [3.8, 4) is 0 Å². The summed E-state index contributed by atoms with van der Waals surface area (Å²) in [4.78, 5) is 0. The Bertz CT molecular complexity index is 416. The summed E-state index contributed by atoms with van der Waals surface area (Å²) in [6, 6.07) is 4.61. The third kappa shape index (κ3) is 3.22. The van der Waals surface area contributed by atoms with Crippen molar-refractivity contribution in [2.45, 2.75) is 31.8 Å². The molecule has 2 N–H and O–H groups in total. The molecule has 1 aliphatic rings. The first-order chi connectivity index (χ1) is 8.49. The monoisotopic (exact) mass is 271 g/mol. The molecule has 1 saturated heterocycles. The molecule has 1 heterocycles. The number of hydrogen-bond acceptors (Lipinski definition) is 2.